The first-order valence-electron chi connectivity index (χ1n) is 14.3. The van der Waals surface area contributed by atoms with Crippen molar-refractivity contribution in [3.8, 4) is 0 Å². The van der Waals surface area contributed by atoms with E-state index in [1.165, 1.54) is 12.1 Å². The summed E-state index contributed by atoms with van der Waals surface area (Å²) in [5, 5.41) is 9.34. The molecule has 0 unspecified atom stereocenters. The molecule has 2 saturated carbocycles. The Morgan fingerprint density at radius 1 is 1.02 bits per heavy atom. The number of ketones is 2. The smallest absolute Gasteiger partial charge is 0.413 e. The molecule has 10 heteroatoms. The third kappa shape index (κ3) is 9.27. The lowest BCUT2D eigenvalue weighted by Crippen LogP contribution is -2.31. The van der Waals surface area contributed by atoms with Crippen LogP contribution in [0.15, 0.2) is 46.0 Å². The summed E-state index contributed by atoms with van der Waals surface area (Å²) in [5.74, 6) is -2.18. The summed E-state index contributed by atoms with van der Waals surface area (Å²) in [5.41, 5.74) is -1.57. The van der Waals surface area contributed by atoms with Crippen molar-refractivity contribution in [2.45, 2.75) is 84.7 Å². The van der Waals surface area contributed by atoms with Gasteiger partial charge < -0.3 is 5.11 Å². The number of alkyl halides is 3. The molecule has 3 rings (SSSR count). The number of allylic oxidation sites excluding steroid dienone is 4. The van der Waals surface area contributed by atoms with Gasteiger partial charge in [0, 0.05) is 29.5 Å². The van der Waals surface area contributed by atoms with E-state index in [4.69, 9.17) is 23.2 Å². The van der Waals surface area contributed by atoms with Crippen molar-refractivity contribution in [1.29, 1.82) is 0 Å². The molecule has 0 spiro atoms. The van der Waals surface area contributed by atoms with Crippen molar-refractivity contribution in [3.63, 3.8) is 0 Å². The summed E-state index contributed by atoms with van der Waals surface area (Å²) >= 11 is 12.4. The van der Waals surface area contributed by atoms with Gasteiger partial charge in [0.1, 0.15) is 0 Å². The molecule has 0 heterocycles. The fourth-order valence-corrected chi connectivity index (χ4v) is 6.63. The molecule has 0 saturated heterocycles. The van der Waals surface area contributed by atoms with Crippen LogP contribution in [0, 0.1) is 23.2 Å². The maximum atomic E-state index is 13.9. The first kappa shape index (κ1) is 34.0. The van der Waals surface area contributed by atoms with Crippen LogP contribution in [0.1, 0.15) is 88.9 Å². The Labute approximate surface area is 255 Å². The molecule has 2 fully saturated rings. The molecule has 0 radical (unpaired) electrons. The maximum Gasteiger partial charge on any atom is 0.413 e. The number of hydrogen-bond acceptors (Lipinski definition) is 4. The Hall–Kier alpha value is -2.45. The van der Waals surface area contributed by atoms with Gasteiger partial charge in [-0.15, -0.1) is 0 Å². The predicted molar refractivity (Wildman–Crippen MR) is 159 cm³/mol. The highest BCUT2D eigenvalue weighted by Crippen LogP contribution is 2.47. The Kier molecular flexibility index (Phi) is 11.6. The normalized spacial score (nSPS) is 22.0. The van der Waals surface area contributed by atoms with Gasteiger partial charge in [-0.2, -0.15) is 13.2 Å². The number of halogens is 5. The minimum Gasteiger partial charge on any atom is -0.481 e. The molecule has 0 atom stereocenters. The molecule has 1 N–H and O–H groups in total. The number of nitrogens with zero attached hydrogens (tertiary/aromatic N) is 1. The SMILES string of the molecule is C/C(=C(\C=NCCC1CCC(C(=O)O)CC1)C(=O)/C(=C/C(=O)c1c(Cl)cccc1Cl)CCC1CC(C)(C)C1)C(F)(F)F. The van der Waals surface area contributed by atoms with Crippen molar-refractivity contribution in [1.82, 2.24) is 0 Å². The van der Waals surface area contributed by atoms with Crippen molar-refractivity contribution in [3.05, 3.63) is 56.6 Å². The highest BCUT2D eigenvalue weighted by Gasteiger charge is 2.37. The van der Waals surface area contributed by atoms with Gasteiger partial charge in [0.15, 0.2) is 11.6 Å². The summed E-state index contributed by atoms with van der Waals surface area (Å²) < 4.78 is 41.6. The van der Waals surface area contributed by atoms with Crippen LogP contribution in [0.3, 0.4) is 0 Å². The van der Waals surface area contributed by atoms with E-state index in [9.17, 15) is 32.7 Å². The molecule has 42 heavy (non-hydrogen) atoms. The van der Waals surface area contributed by atoms with Gasteiger partial charge in [0.2, 0.25) is 0 Å². The number of benzene rings is 1. The zero-order chi connectivity index (χ0) is 31.2. The Morgan fingerprint density at radius 2 is 1.62 bits per heavy atom. The van der Waals surface area contributed by atoms with Crippen LogP contribution in [0.25, 0.3) is 0 Å². The van der Waals surface area contributed by atoms with Gasteiger partial charge >= 0.3 is 12.1 Å². The highest BCUT2D eigenvalue weighted by molar-refractivity contribution is 6.40. The molecular weight excluding hydrogens is 590 g/mol. The first-order valence-corrected chi connectivity index (χ1v) is 15.1. The van der Waals surface area contributed by atoms with Gasteiger partial charge in [-0.25, -0.2) is 0 Å². The Morgan fingerprint density at radius 3 is 2.14 bits per heavy atom. The highest BCUT2D eigenvalue weighted by atomic mass is 35.5. The van der Waals surface area contributed by atoms with Gasteiger partial charge in [-0.1, -0.05) is 43.1 Å². The number of Topliss-reactive ketones (excluding diaryl/α,β-unsaturated/α-hetero) is 1. The first-order chi connectivity index (χ1) is 19.6. The number of aliphatic carboxylic acids is 1. The van der Waals surface area contributed by atoms with Crippen LogP contribution in [0.2, 0.25) is 10.0 Å². The molecule has 2 aliphatic rings. The third-order valence-corrected chi connectivity index (χ3v) is 9.10. The Bertz CT molecular complexity index is 1250. The number of aliphatic imine (C=N–C) groups is 1. The van der Waals surface area contributed by atoms with Crippen molar-refractivity contribution >= 4 is 47.0 Å². The van der Waals surface area contributed by atoms with E-state index in [1.54, 1.807) is 6.07 Å². The monoisotopic (exact) mass is 627 g/mol. The average Bonchev–Trinajstić information content (AvgIpc) is 2.88. The van der Waals surface area contributed by atoms with E-state index in [1.807, 2.05) is 0 Å². The zero-order valence-electron chi connectivity index (χ0n) is 24.2. The van der Waals surface area contributed by atoms with Gasteiger partial charge in [0.25, 0.3) is 0 Å². The van der Waals surface area contributed by atoms with E-state index in [0.29, 0.717) is 44.4 Å². The van der Waals surface area contributed by atoms with Crippen LogP contribution >= 0.6 is 23.2 Å². The summed E-state index contributed by atoms with van der Waals surface area (Å²) in [4.78, 5) is 42.3. The van der Waals surface area contributed by atoms with E-state index < -0.39 is 34.9 Å². The number of carbonyl (C=O) groups is 3. The fourth-order valence-electron chi connectivity index (χ4n) is 6.04. The van der Waals surface area contributed by atoms with Crippen LogP contribution in [0.5, 0.6) is 0 Å². The van der Waals surface area contributed by atoms with Crippen LogP contribution in [0.4, 0.5) is 13.2 Å². The van der Waals surface area contributed by atoms with Crippen molar-refractivity contribution in [2.24, 2.45) is 28.2 Å². The van der Waals surface area contributed by atoms with Gasteiger partial charge in [-0.3, -0.25) is 19.4 Å². The van der Waals surface area contributed by atoms with E-state index in [-0.39, 0.29) is 51.4 Å². The summed E-state index contributed by atoms with van der Waals surface area (Å²) in [6.07, 6.45) is 2.95. The second-order valence-corrected chi connectivity index (χ2v) is 13.2. The lowest BCUT2D eigenvalue weighted by molar-refractivity contribution is -0.143. The second-order valence-electron chi connectivity index (χ2n) is 12.4. The molecule has 0 aromatic heterocycles. The molecule has 0 amide bonds. The minimum atomic E-state index is -4.77. The molecule has 0 bridgehead atoms. The molecule has 1 aromatic rings. The minimum absolute atomic E-state index is 0.0136. The lowest BCUT2D eigenvalue weighted by atomic mass is 9.63. The number of hydrogen-bond donors (Lipinski definition) is 1. The maximum absolute atomic E-state index is 13.9. The molecule has 2 aliphatic carbocycles. The van der Waals surface area contributed by atoms with Gasteiger partial charge in [-0.05, 0) is 100 Å². The van der Waals surface area contributed by atoms with E-state index >= 15 is 0 Å². The third-order valence-electron chi connectivity index (χ3n) is 8.47. The molecule has 1 aromatic carbocycles. The quantitative estimate of drug-likeness (QED) is 0.142. The standard InChI is InChI=1S/C32H38Cl2F3NO4/c1-19(32(35,36)37)24(18-38-14-13-20-7-10-22(11-8-20)30(41)42)29(40)23(12-9-21-16-31(2,3)17-21)15-27(39)28-25(33)5-4-6-26(28)34/h4-6,15,18,20-22H,7-14,16-17H2,1-3H3,(H,41,42)/b23-15+,24-19-,38-18?. The van der Waals surface area contributed by atoms with Crippen molar-refractivity contribution in [2.75, 3.05) is 6.54 Å². The second kappa shape index (κ2) is 14.3. The largest absolute Gasteiger partial charge is 0.481 e. The lowest BCUT2D eigenvalue weighted by Gasteiger charge is -2.43. The van der Waals surface area contributed by atoms with Crippen LogP contribution < -0.4 is 0 Å². The number of carboxylic acid groups (broad SMARTS) is 1. The predicted octanol–water partition coefficient (Wildman–Crippen LogP) is 9.12. The molecular formula is C32H38Cl2F3NO4. The van der Waals surface area contributed by atoms with Crippen LogP contribution in [-0.2, 0) is 9.59 Å². The summed E-state index contributed by atoms with van der Waals surface area (Å²) in [6.45, 7) is 5.31. The Balaban J connectivity index is 1.85. The molecule has 230 valence electrons. The molecule has 5 nitrogen and oxygen atoms in total. The number of carboxylic acids is 1. The van der Waals surface area contributed by atoms with Crippen molar-refractivity contribution < 1.29 is 32.7 Å². The van der Waals surface area contributed by atoms with E-state index in [0.717, 1.165) is 32.1 Å². The summed E-state index contributed by atoms with van der Waals surface area (Å²) in [6, 6.07) is 4.52. The number of rotatable bonds is 12. The zero-order valence-corrected chi connectivity index (χ0v) is 25.7. The molecule has 0 aliphatic heterocycles. The van der Waals surface area contributed by atoms with Gasteiger partial charge in [0.05, 0.1) is 21.5 Å². The summed E-state index contributed by atoms with van der Waals surface area (Å²) in [7, 11) is 0. The number of carbonyl (C=O) groups excluding carboxylic acids is 2. The average molecular weight is 629 g/mol. The fraction of sp³-hybridized carbons (Fsp3) is 0.562. The van der Waals surface area contributed by atoms with E-state index in [2.05, 4.69) is 18.8 Å². The van der Waals surface area contributed by atoms with Crippen LogP contribution in [-0.4, -0.2) is 41.6 Å². The topological polar surface area (TPSA) is 83.8 Å².